The van der Waals surface area contributed by atoms with E-state index in [9.17, 15) is 18.4 Å². The van der Waals surface area contributed by atoms with Crippen molar-refractivity contribution in [2.24, 2.45) is 5.92 Å². The summed E-state index contributed by atoms with van der Waals surface area (Å²) in [6.45, 7) is 3.74. The van der Waals surface area contributed by atoms with Crippen molar-refractivity contribution in [2.45, 2.75) is 25.3 Å². The lowest BCUT2D eigenvalue weighted by atomic mass is 10.0. The standard InChI is InChI=1S/C22H22F2N2O3S/c1-13(2)20(27)26-9-10-30-22(26)16-11-14(29-3)7-8-19(16)25(21(22)28)12-15-17(23)5-4-6-18(15)24/h4-8,11,13H,9-10,12H2,1-3H3. The van der Waals surface area contributed by atoms with Crippen LogP contribution >= 0.6 is 11.8 Å². The molecule has 0 aliphatic carbocycles. The Kier molecular flexibility index (Phi) is 5.22. The summed E-state index contributed by atoms with van der Waals surface area (Å²) in [6.07, 6.45) is 0. The second-order valence-corrected chi connectivity index (χ2v) is 8.90. The Balaban J connectivity index is 1.86. The normalized spacial score (nSPS) is 20.4. The highest BCUT2D eigenvalue weighted by molar-refractivity contribution is 8.01. The minimum atomic E-state index is -1.26. The SMILES string of the molecule is COc1ccc2c(c1)C1(SCCN1C(=O)C(C)C)C(=O)N2Cc1c(F)cccc1F. The van der Waals surface area contributed by atoms with E-state index in [1.165, 1.54) is 42.0 Å². The highest BCUT2D eigenvalue weighted by Gasteiger charge is 2.59. The fraction of sp³-hybridized carbons (Fsp3) is 0.364. The zero-order valence-corrected chi connectivity index (χ0v) is 17.8. The van der Waals surface area contributed by atoms with E-state index in [-0.39, 0.29) is 29.8 Å². The number of carbonyl (C=O) groups excluding carboxylic acids is 2. The molecule has 1 unspecified atom stereocenters. The van der Waals surface area contributed by atoms with Crippen LogP contribution in [0, 0.1) is 17.6 Å². The van der Waals surface area contributed by atoms with Crippen LogP contribution in [0.5, 0.6) is 5.75 Å². The monoisotopic (exact) mass is 432 g/mol. The van der Waals surface area contributed by atoms with Crippen LogP contribution in [0.25, 0.3) is 0 Å². The molecule has 8 heteroatoms. The van der Waals surface area contributed by atoms with Crippen LogP contribution in [0.4, 0.5) is 14.5 Å². The molecule has 1 saturated heterocycles. The van der Waals surface area contributed by atoms with Crippen molar-refractivity contribution in [1.82, 2.24) is 4.90 Å². The summed E-state index contributed by atoms with van der Waals surface area (Å²) in [5.41, 5.74) is 0.953. The van der Waals surface area contributed by atoms with E-state index in [4.69, 9.17) is 4.74 Å². The zero-order valence-electron chi connectivity index (χ0n) is 16.9. The van der Waals surface area contributed by atoms with Crippen LogP contribution in [0.15, 0.2) is 36.4 Å². The van der Waals surface area contributed by atoms with E-state index in [1.54, 1.807) is 36.9 Å². The number of hydrogen-bond donors (Lipinski definition) is 0. The minimum Gasteiger partial charge on any atom is -0.497 e. The summed E-state index contributed by atoms with van der Waals surface area (Å²) in [4.78, 5) is 28.5. The molecule has 5 nitrogen and oxygen atoms in total. The molecule has 2 heterocycles. The van der Waals surface area contributed by atoms with E-state index in [2.05, 4.69) is 0 Å². The molecule has 158 valence electrons. The van der Waals surface area contributed by atoms with E-state index in [1.807, 2.05) is 0 Å². The molecule has 2 aliphatic rings. The van der Waals surface area contributed by atoms with Crippen LogP contribution < -0.4 is 9.64 Å². The molecular weight excluding hydrogens is 410 g/mol. The lowest BCUT2D eigenvalue weighted by molar-refractivity contribution is -0.142. The summed E-state index contributed by atoms with van der Waals surface area (Å²) in [7, 11) is 1.52. The van der Waals surface area contributed by atoms with Crippen molar-refractivity contribution in [2.75, 3.05) is 24.3 Å². The Hall–Kier alpha value is -2.61. The van der Waals surface area contributed by atoms with Gasteiger partial charge in [-0.05, 0) is 30.3 Å². The smallest absolute Gasteiger partial charge is 0.268 e. The van der Waals surface area contributed by atoms with Gasteiger partial charge in [0, 0.05) is 29.3 Å². The van der Waals surface area contributed by atoms with Gasteiger partial charge in [-0.3, -0.25) is 9.59 Å². The number of rotatable bonds is 4. The number of benzene rings is 2. The molecular formula is C22H22F2N2O3S. The van der Waals surface area contributed by atoms with Gasteiger partial charge in [-0.2, -0.15) is 0 Å². The van der Waals surface area contributed by atoms with Crippen molar-refractivity contribution in [3.63, 3.8) is 0 Å². The Bertz CT molecular complexity index is 1010. The number of fused-ring (bicyclic) bond motifs is 2. The predicted molar refractivity (Wildman–Crippen MR) is 111 cm³/mol. The van der Waals surface area contributed by atoms with Crippen LogP contribution in [-0.4, -0.2) is 36.1 Å². The third-order valence-corrected chi connectivity index (χ3v) is 6.96. The lowest BCUT2D eigenvalue weighted by Crippen LogP contribution is -2.51. The van der Waals surface area contributed by atoms with Gasteiger partial charge in [0.1, 0.15) is 17.4 Å². The number of methoxy groups -OCH3 is 1. The topological polar surface area (TPSA) is 49.9 Å². The molecule has 0 bridgehead atoms. The van der Waals surface area contributed by atoms with E-state index in [0.717, 1.165) is 0 Å². The quantitative estimate of drug-likeness (QED) is 0.735. The van der Waals surface area contributed by atoms with E-state index in [0.29, 0.717) is 29.3 Å². The van der Waals surface area contributed by atoms with Gasteiger partial charge in [0.05, 0.1) is 19.3 Å². The van der Waals surface area contributed by atoms with E-state index >= 15 is 0 Å². The zero-order chi connectivity index (χ0) is 21.6. The molecule has 2 aromatic carbocycles. The van der Waals surface area contributed by atoms with E-state index < -0.39 is 16.5 Å². The summed E-state index contributed by atoms with van der Waals surface area (Å²) in [6, 6.07) is 8.77. The van der Waals surface area contributed by atoms with Gasteiger partial charge in [-0.15, -0.1) is 11.8 Å². The number of halogens is 2. The second kappa shape index (κ2) is 7.58. The maximum atomic E-state index is 14.3. The molecule has 0 N–H and O–H groups in total. The van der Waals surface area contributed by atoms with Crippen LogP contribution in [-0.2, 0) is 21.0 Å². The largest absolute Gasteiger partial charge is 0.497 e. The first-order valence-electron chi connectivity index (χ1n) is 9.70. The van der Waals surface area contributed by atoms with Gasteiger partial charge in [0.2, 0.25) is 5.91 Å². The van der Waals surface area contributed by atoms with Gasteiger partial charge in [-0.1, -0.05) is 19.9 Å². The number of amides is 2. The first kappa shape index (κ1) is 20.7. The van der Waals surface area contributed by atoms with Gasteiger partial charge in [0.25, 0.3) is 5.91 Å². The Labute approximate surface area is 178 Å². The summed E-state index contributed by atoms with van der Waals surface area (Å²) in [5, 5.41) is 0. The van der Waals surface area contributed by atoms with Crippen molar-refractivity contribution >= 4 is 29.3 Å². The molecule has 2 aromatic rings. The Morgan fingerprint density at radius 2 is 1.93 bits per heavy atom. The summed E-state index contributed by atoms with van der Waals surface area (Å²) >= 11 is 1.37. The highest BCUT2D eigenvalue weighted by Crippen LogP contribution is 2.55. The van der Waals surface area contributed by atoms with Gasteiger partial charge in [-0.25, -0.2) is 8.78 Å². The highest BCUT2D eigenvalue weighted by atomic mass is 32.2. The first-order chi connectivity index (χ1) is 14.3. The molecule has 0 saturated carbocycles. The maximum absolute atomic E-state index is 14.3. The average Bonchev–Trinajstić information content (AvgIpc) is 3.26. The lowest BCUT2D eigenvalue weighted by Gasteiger charge is -2.34. The predicted octanol–water partition coefficient (Wildman–Crippen LogP) is 3.90. The summed E-state index contributed by atoms with van der Waals surface area (Å²) < 4.78 is 34.0. The fourth-order valence-electron chi connectivity index (χ4n) is 4.05. The minimum absolute atomic E-state index is 0.138. The van der Waals surface area contributed by atoms with Crippen LogP contribution in [0.1, 0.15) is 25.0 Å². The van der Waals surface area contributed by atoms with Crippen molar-refractivity contribution in [3.05, 3.63) is 59.2 Å². The molecule has 2 aliphatic heterocycles. The Morgan fingerprint density at radius 3 is 2.57 bits per heavy atom. The average molecular weight is 432 g/mol. The van der Waals surface area contributed by atoms with Gasteiger partial charge >= 0.3 is 0 Å². The molecule has 1 fully saturated rings. The molecule has 30 heavy (non-hydrogen) atoms. The van der Waals surface area contributed by atoms with Gasteiger partial charge in [0.15, 0.2) is 4.87 Å². The molecule has 2 amide bonds. The van der Waals surface area contributed by atoms with Crippen LogP contribution in [0.2, 0.25) is 0 Å². The van der Waals surface area contributed by atoms with Crippen molar-refractivity contribution < 1.29 is 23.1 Å². The fourth-order valence-corrected chi connectivity index (χ4v) is 5.51. The number of hydrogen-bond acceptors (Lipinski definition) is 4. The molecule has 1 atom stereocenters. The number of nitrogens with zero attached hydrogens (tertiary/aromatic N) is 2. The third-order valence-electron chi connectivity index (χ3n) is 5.54. The Morgan fingerprint density at radius 1 is 1.23 bits per heavy atom. The molecule has 1 spiro atoms. The number of ether oxygens (including phenoxy) is 1. The number of anilines is 1. The first-order valence-corrected chi connectivity index (χ1v) is 10.7. The van der Waals surface area contributed by atoms with Crippen molar-refractivity contribution in [1.29, 1.82) is 0 Å². The maximum Gasteiger partial charge on any atom is 0.268 e. The molecule has 4 rings (SSSR count). The van der Waals surface area contributed by atoms with Crippen molar-refractivity contribution in [3.8, 4) is 5.75 Å². The van der Waals surface area contributed by atoms with Crippen LogP contribution in [0.3, 0.4) is 0 Å². The third kappa shape index (κ3) is 2.96. The number of thioether (sulfide) groups is 1. The molecule has 0 radical (unpaired) electrons. The second-order valence-electron chi connectivity index (χ2n) is 7.61. The van der Waals surface area contributed by atoms with Gasteiger partial charge < -0.3 is 14.5 Å². The molecule has 0 aromatic heterocycles. The number of carbonyl (C=O) groups is 2. The summed E-state index contributed by atoms with van der Waals surface area (Å²) in [5.74, 6) is -1.10.